The second-order valence-corrected chi connectivity index (χ2v) is 7.79. The Morgan fingerprint density at radius 2 is 1.82 bits per heavy atom. The van der Waals surface area contributed by atoms with E-state index < -0.39 is 0 Å². The summed E-state index contributed by atoms with van der Waals surface area (Å²) in [5.74, 6) is -0.137. The van der Waals surface area contributed by atoms with Gasteiger partial charge >= 0.3 is 0 Å². The van der Waals surface area contributed by atoms with Gasteiger partial charge in [0.1, 0.15) is 0 Å². The van der Waals surface area contributed by atoms with Crippen LogP contribution in [-0.4, -0.2) is 16.7 Å². The van der Waals surface area contributed by atoms with Crippen molar-refractivity contribution in [3.63, 3.8) is 0 Å². The van der Waals surface area contributed by atoms with Crippen LogP contribution in [-0.2, 0) is 24.2 Å². The Morgan fingerprint density at radius 3 is 2.64 bits per heavy atom. The van der Waals surface area contributed by atoms with E-state index in [9.17, 15) is 4.79 Å². The molecule has 3 aromatic rings. The Labute approximate surface area is 174 Å². The van der Waals surface area contributed by atoms with Gasteiger partial charge in [-0.1, -0.05) is 47.5 Å². The summed E-state index contributed by atoms with van der Waals surface area (Å²) < 4.78 is 2.30. The van der Waals surface area contributed by atoms with Crippen molar-refractivity contribution in [2.75, 3.05) is 0 Å². The number of nitrogens with zero attached hydrogens (tertiary/aromatic N) is 2. The zero-order valence-corrected chi connectivity index (χ0v) is 16.9. The quantitative estimate of drug-likeness (QED) is 0.443. The fourth-order valence-corrected chi connectivity index (χ4v) is 4.41. The molecule has 1 N–H and O–H groups in total. The molecule has 0 saturated heterocycles. The van der Waals surface area contributed by atoms with Gasteiger partial charge in [-0.2, -0.15) is 5.10 Å². The third-order valence-electron chi connectivity index (χ3n) is 5.23. The number of hydrogen-bond donors (Lipinski definition) is 1. The van der Waals surface area contributed by atoms with Gasteiger partial charge in [-0.25, -0.2) is 5.43 Å². The minimum atomic E-state index is -0.137. The highest BCUT2D eigenvalue weighted by atomic mass is 35.5. The van der Waals surface area contributed by atoms with E-state index in [0.717, 1.165) is 12.8 Å². The van der Waals surface area contributed by atoms with Crippen LogP contribution in [0.15, 0.2) is 47.6 Å². The van der Waals surface area contributed by atoms with Crippen LogP contribution >= 0.6 is 23.2 Å². The molecule has 0 atom stereocenters. The maximum absolute atomic E-state index is 12.3. The molecule has 0 radical (unpaired) electrons. The Bertz CT molecular complexity index is 1040. The molecule has 4 rings (SSSR count). The first-order valence-electron chi connectivity index (χ1n) is 9.50. The van der Waals surface area contributed by atoms with Gasteiger partial charge in [0.15, 0.2) is 0 Å². The smallest absolute Gasteiger partial charge is 0.241 e. The molecule has 0 unspecified atom stereocenters. The van der Waals surface area contributed by atoms with Crippen LogP contribution in [0, 0.1) is 0 Å². The monoisotopic (exact) mass is 413 g/mol. The fourth-order valence-electron chi connectivity index (χ4n) is 3.91. The first-order valence-corrected chi connectivity index (χ1v) is 10.3. The molecule has 0 saturated carbocycles. The molecule has 1 aromatic heterocycles. The topological polar surface area (TPSA) is 46.4 Å². The van der Waals surface area contributed by atoms with E-state index in [0.29, 0.717) is 28.6 Å². The van der Waals surface area contributed by atoms with E-state index in [1.54, 1.807) is 18.2 Å². The van der Waals surface area contributed by atoms with Crippen LogP contribution in [0.4, 0.5) is 0 Å². The van der Waals surface area contributed by atoms with Crippen LogP contribution in [0.5, 0.6) is 0 Å². The molecule has 2 aromatic carbocycles. The SMILES string of the molecule is O=C(CCn1c2c(c3ccccc31)CCCC2)N/N=C/c1c(Cl)cccc1Cl. The molecule has 0 aliphatic heterocycles. The van der Waals surface area contributed by atoms with Crippen LogP contribution < -0.4 is 5.43 Å². The first-order chi connectivity index (χ1) is 13.6. The second-order valence-electron chi connectivity index (χ2n) is 6.98. The number of halogens is 2. The molecule has 1 heterocycles. The number of aryl methyl sites for hydroxylation is 2. The lowest BCUT2D eigenvalue weighted by atomic mass is 9.95. The average Bonchev–Trinajstić information content (AvgIpc) is 3.02. The summed E-state index contributed by atoms with van der Waals surface area (Å²) in [7, 11) is 0. The lowest BCUT2D eigenvalue weighted by Crippen LogP contribution is -2.20. The van der Waals surface area contributed by atoms with Crippen molar-refractivity contribution in [2.24, 2.45) is 5.10 Å². The number of amides is 1. The van der Waals surface area contributed by atoms with Crippen molar-refractivity contribution in [3.8, 4) is 0 Å². The van der Waals surface area contributed by atoms with Gasteiger partial charge in [-0.05, 0) is 49.4 Å². The number of hydrazone groups is 1. The summed E-state index contributed by atoms with van der Waals surface area (Å²) in [6.07, 6.45) is 6.49. The van der Waals surface area contributed by atoms with Crippen molar-refractivity contribution in [3.05, 3.63) is 69.3 Å². The number of hydrogen-bond acceptors (Lipinski definition) is 2. The molecule has 6 heteroatoms. The Hall–Kier alpha value is -2.30. The van der Waals surface area contributed by atoms with E-state index in [-0.39, 0.29) is 5.91 Å². The largest absolute Gasteiger partial charge is 0.344 e. The van der Waals surface area contributed by atoms with E-state index in [1.807, 2.05) is 0 Å². The molecule has 0 spiro atoms. The van der Waals surface area contributed by atoms with Crippen molar-refractivity contribution in [1.29, 1.82) is 0 Å². The molecule has 4 nitrogen and oxygen atoms in total. The molecular weight excluding hydrogens is 393 g/mol. The Kier molecular flexibility index (Phi) is 5.69. The number of fused-ring (bicyclic) bond motifs is 3. The van der Waals surface area contributed by atoms with Crippen LogP contribution in [0.2, 0.25) is 10.0 Å². The number of aromatic nitrogens is 1. The lowest BCUT2D eigenvalue weighted by molar-refractivity contribution is -0.121. The minimum absolute atomic E-state index is 0.137. The second kappa shape index (κ2) is 8.38. The van der Waals surface area contributed by atoms with Crippen molar-refractivity contribution >= 4 is 46.2 Å². The molecule has 144 valence electrons. The maximum Gasteiger partial charge on any atom is 0.241 e. The van der Waals surface area contributed by atoms with Gasteiger partial charge in [0.25, 0.3) is 0 Å². The standard InChI is InChI=1S/C22H21Cl2N3O/c23-18-8-5-9-19(24)17(18)14-25-26-22(28)12-13-27-20-10-3-1-6-15(20)16-7-2-4-11-21(16)27/h1,3,5-6,8-10,14H,2,4,7,11-13H2,(H,26,28)/b25-14+. The molecule has 28 heavy (non-hydrogen) atoms. The summed E-state index contributed by atoms with van der Waals surface area (Å²) in [4.78, 5) is 12.3. The maximum atomic E-state index is 12.3. The van der Waals surface area contributed by atoms with Gasteiger partial charge in [-0.3, -0.25) is 4.79 Å². The summed E-state index contributed by atoms with van der Waals surface area (Å²) in [5, 5.41) is 6.33. The van der Waals surface area contributed by atoms with Gasteiger partial charge in [0.05, 0.1) is 16.3 Å². The van der Waals surface area contributed by atoms with E-state index in [4.69, 9.17) is 23.2 Å². The Morgan fingerprint density at radius 1 is 1.07 bits per heavy atom. The van der Waals surface area contributed by atoms with E-state index in [1.165, 1.54) is 41.2 Å². The van der Waals surface area contributed by atoms with Gasteiger partial charge in [-0.15, -0.1) is 0 Å². The summed E-state index contributed by atoms with van der Waals surface area (Å²) >= 11 is 12.2. The zero-order valence-electron chi connectivity index (χ0n) is 15.4. The highest BCUT2D eigenvalue weighted by Crippen LogP contribution is 2.32. The lowest BCUT2D eigenvalue weighted by Gasteiger charge is -2.15. The van der Waals surface area contributed by atoms with Crippen LogP contribution in [0.3, 0.4) is 0 Å². The van der Waals surface area contributed by atoms with E-state index >= 15 is 0 Å². The minimum Gasteiger partial charge on any atom is -0.344 e. The number of carbonyl (C=O) groups is 1. The number of nitrogens with one attached hydrogen (secondary N) is 1. The normalized spacial score (nSPS) is 13.8. The first kappa shape index (κ1) is 19.0. The number of benzene rings is 2. The van der Waals surface area contributed by atoms with Gasteiger partial charge < -0.3 is 4.57 Å². The Balaban J connectivity index is 1.45. The highest BCUT2D eigenvalue weighted by Gasteiger charge is 2.19. The summed E-state index contributed by atoms with van der Waals surface area (Å²) in [5.41, 5.74) is 7.22. The molecule has 1 aliphatic rings. The average molecular weight is 414 g/mol. The zero-order chi connectivity index (χ0) is 19.5. The van der Waals surface area contributed by atoms with Crippen LogP contribution in [0.1, 0.15) is 36.1 Å². The van der Waals surface area contributed by atoms with Crippen molar-refractivity contribution < 1.29 is 4.79 Å². The van der Waals surface area contributed by atoms with E-state index in [2.05, 4.69) is 39.4 Å². The molecular formula is C22H21Cl2N3O. The third kappa shape index (κ3) is 3.80. The fraction of sp³-hybridized carbons (Fsp3) is 0.273. The summed E-state index contributed by atoms with van der Waals surface area (Å²) in [6.45, 7) is 0.643. The highest BCUT2D eigenvalue weighted by molar-refractivity contribution is 6.38. The number of carbonyl (C=O) groups excluding carboxylic acids is 1. The third-order valence-corrected chi connectivity index (χ3v) is 5.89. The number of rotatable bonds is 5. The summed E-state index contributed by atoms with van der Waals surface area (Å²) in [6, 6.07) is 13.7. The molecule has 1 aliphatic carbocycles. The van der Waals surface area contributed by atoms with Gasteiger partial charge in [0.2, 0.25) is 5.91 Å². The predicted molar refractivity (Wildman–Crippen MR) is 115 cm³/mol. The van der Waals surface area contributed by atoms with Crippen molar-refractivity contribution in [2.45, 2.75) is 38.6 Å². The molecule has 0 bridgehead atoms. The van der Waals surface area contributed by atoms with Crippen LogP contribution in [0.25, 0.3) is 10.9 Å². The molecule has 1 amide bonds. The molecule has 0 fully saturated rings. The van der Waals surface area contributed by atoms with Crippen molar-refractivity contribution in [1.82, 2.24) is 9.99 Å². The van der Waals surface area contributed by atoms with Gasteiger partial charge in [0, 0.05) is 35.1 Å². The number of para-hydroxylation sites is 1. The predicted octanol–water partition coefficient (Wildman–Crippen LogP) is 5.37.